The molecular weight excluding hydrogens is 366 g/mol. The maximum Gasteiger partial charge on any atom is 0.338 e. The topological polar surface area (TPSA) is 73.2 Å². The molecule has 0 radical (unpaired) electrons. The molecule has 1 N–H and O–H groups in total. The van der Waals surface area contributed by atoms with Crippen molar-refractivity contribution < 1.29 is 14.3 Å². The second-order valence-corrected chi connectivity index (χ2v) is 6.83. The van der Waals surface area contributed by atoms with Gasteiger partial charge in [0, 0.05) is 11.9 Å². The smallest absolute Gasteiger partial charge is 0.338 e. The molecular formula is C23H25N3O3. The average molecular weight is 391 g/mol. The average Bonchev–Trinajstić information content (AvgIpc) is 3.18. The fourth-order valence-corrected chi connectivity index (χ4v) is 3.13. The third-order valence-electron chi connectivity index (χ3n) is 4.63. The van der Waals surface area contributed by atoms with Gasteiger partial charge < -0.3 is 10.1 Å². The molecule has 6 nitrogen and oxygen atoms in total. The minimum absolute atomic E-state index is 0.0935. The van der Waals surface area contributed by atoms with E-state index in [2.05, 4.69) is 17.3 Å². The van der Waals surface area contributed by atoms with Crippen LogP contribution in [0.25, 0.3) is 5.69 Å². The first-order valence-corrected chi connectivity index (χ1v) is 9.71. The van der Waals surface area contributed by atoms with Gasteiger partial charge in [-0.25, -0.2) is 9.48 Å². The van der Waals surface area contributed by atoms with Gasteiger partial charge in [-0.05, 0) is 49.2 Å². The minimum atomic E-state index is -0.532. The Kier molecular flexibility index (Phi) is 6.79. The zero-order valence-electron chi connectivity index (χ0n) is 16.7. The molecule has 150 valence electrons. The molecule has 1 amide bonds. The molecule has 1 atom stereocenters. The van der Waals surface area contributed by atoms with E-state index in [1.807, 2.05) is 43.3 Å². The van der Waals surface area contributed by atoms with E-state index < -0.39 is 5.97 Å². The molecule has 0 saturated heterocycles. The number of hydrogen-bond acceptors (Lipinski definition) is 4. The molecule has 29 heavy (non-hydrogen) atoms. The highest BCUT2D eigenvalue weighted by Crippen LogP contribution is 2.18. The predicted octanol–water partition coefficient (Wildman–Crippen LogP) is 4.00. The maximum atomic E-state index is 12.3. The summed E-state index contributed by atoms with van der Waals surface area (Å²) in [5.74, 6) is -0.847. The van der Waals surface area contributed by atoms with Crippen LogP contribution in [0.4, 0.5) is 0 Å². The summed E-state index contributed by atoms with van der Waals surface area (Å²) in [5, 5.41) is 7.18. The number of carbonyl (C=O) groups is 2. The van der Waals surface area contributed by atoms with Crippen molar-refractivity contribution in [2.45, 2.75) is 32.7 Å². The van der Waals surface area contributed by atoms with Crippen LogP contribution in [0.1, 0.15) is 47.4 Å². The lowest BCUT2D eigenvalue weighted by Crippen LogP contribution is -2.32. The van der Waals surface area contributed by atoms with Gasteiger partial charge in [-0.3, -0.25) is 4.79 Å². The Balaban J connectivity index is 1.55. The highest BCUT2D eigenvalue weighted by atomic mass is 16.5. The van der Waals surface area contributed by atoms with E-state index in [1.165, 1.54) is 0 Å². The number of nitrogens with zero attached hydrogens (tertiary/aromatic N) is 2. The first kappa shape index (κ1) is 20.3. The van der Waals surface area contributed by atoms with Gasteiger partial charge in [-0.2, -0.15) is 5.10 Å². The number of aryl methyl sites for hydroxylation is 1. The van der Waals surface area contributed by atoms with Gasteiger partial charge in [0.25, 0.3) is 5.91 Å². The van der Waals surface area contributed by atoms with Crippen molar-refractivity contribution in [3.05, 3.63) is 83.7 Å². The van der Waals surface area contributed by atoms with Crippen molar-refractivity contribution in [3.63, 3.8) is 0 Å². The standard InChI is InChI=1S/C23H25N3O3/c1-3-7-21(18-8-5-4-6-9-18)25-22(27)16-29-23(28)19-10-12-20(13-11-19)26-17(2)14-15-24-26/h4-6,8-15,21H,3,7,16H2,1-2H3,(H,25,27)/t21-/m1/s1. The van der Waals surface area contributed by atoms with Crippen LogP contribution in [0.5, 0.6) is 0 Å². The lowest BCUT2D eigenvalue weighted by molar-refractivity contribution is -0.125. The van der Waals surface area contributed by atoms with Crippen molar-refractivity contribution in [2.24, 2.45) is 0 Å². The van der Waals surface area contributed by atoms with Crippen LogP contribution in [0.3, 0.4) is 0 Å². The second-order valence-electron chi connectivity index (χ2n) is 6.83. The number of ether oxygens (including phenoxy) is 1. The number of hydrogen-bond donors (Lipinski definition) is 1. The molecule has 1 aromatic heterocycles. The maximum absolute atomic E-state index is 12.3. The lowest BCUT2D eigenvalue weighted by atomic mass is 10.0. The summed E-state index contributed by atoms with van der Waals surface area (Å²) < 4.78 is 6.96. The summed E-state index contributed by atoms with van der Waals surface area (Å²) in [7, 11) is 0. The van der Waals surface area contributed by atoms with E-state index in [1.54, 1.807) is 35.1 Å². The molecule has 6 heteroatoms. The van der Waals surface area contributed by atoms with Gasteiger partial charge in [0.15, 0.2) is 6.61 Å². The van der Waals surface area contributed by atoms with Gasteiger partial charge in [0.1, 0.15) is 0 Å². The van der Waals surface area contributed by atoms with E-state index in [-0.39, 0.29) is 18.6 Å². The van der Waals surface area contributed by atoms with Crippen molar-refractivity contribution in [3.8, 4) is 5.69 Å². The highest BCUT2D eigenvalue weighted by Gasteiger charge is 2.16. The van der Waals surface area contributed by atoms with Crippen molar-refractivity contribution in [1.82, 2.24) is 15.1 Å². The second kappa shape index (κ2) is 9.68. The van der Waals surface area contributed by atoms with Gasteiger partial charge in [0.2, 0.25) is 0 Å². The molecule has 2 aromatic carbocycles. The molecule has 0 aliphatic carbocycles. The Hall–Kier alpha value is -3.41. The molecule has 1 heterocycles. The fraction of sp³-hybridized carbons (Fsp3) is 0.261. The monoisotopic (exact) mass is 391 g/mol. The Labute approximate surface area is 170 Å². The van der Waals surface area contributed by atoms with Crippen LogP contribution in [-0.4, -0.2) is 28.3 Å². The van der Waals surface area contributed by atoms with Gasteiger partial charge >= 0.3 is 5.97 Å². The SMILES string of the molecule is CCC[C@@H](NC(=O)COC(=O)c1ccc(-n2nccc2C)cc1)c1ccccc1. The zero-order valence-corrected chi connectivity index (χ0v) is 16.7. The van der Waals surface area contributed by atoms with Crippen LogP contribution in [0, 0.1) is 6.92 Å². The number of nitrogens with one attached hydrogen (secondary N) is 1. The summed E-state index contributed by atoms with van der Waals surface area (Å²) >= 11 is 0. The lowest BCUT2D eigenvalue weighted by Gasteiger charge is -2.18. The third-order valence-corrected chi connectivity index (χ3v) is 4.63. The zero-order chi connectivity index (χ0) is 20.6. The molecule has 0 fully saturated rings. The van der Waals surface area contributed by atoms with Crippen LogP contribution in [-0.2, 0) is 9.53 Å². The largest absolute Gasteiger partial charge is 0.452 e. The third kappa shape index (κ3) is 5.31. The molecule has 0 bridgehead atoms. The summed E-state index contributed by atoms with van der Waals surface area (Å²) in [4.78, 5) is 24.6. The summed E-state index contributed by atoms with van der Waals surface area (Å²) in [5.41, 5.74) is 3.28. The predicted molar refractivity (Wildman–Crippen MR) is 111 cm³/mol. The highest BCUT2D eigenvalue weighted by molar-refractivity contribution is 5.91. The first-order chi connectivity index (χ1) is 14.1. The van der Waals surface area contributed by atoms with Crippen molar-refractivity contribution >= 4 is 11.9 Å². The Morgan fingerprint density at radius 3 is 2.41 bits per heavy atom. The van der Waals surface area contributed by atoms with E-state index in [9.17, 15) is 9.59 Å². The van der Waals surface area contributed by atoms with E-state index >= 15 is 0 Å². The summed E-state index contributed by atoms with van der Waals surface area (Å²) in [6.45, 7) is 3.71. The van der Waals surface area contributed by atoms with Crippen molar-refractivity contribution in [2.75, 3.05) is 6.61 Å². The number of esters is 1. The number of carbonyl (C=O) groups excluding carboxylic acids is 2. The Bertz CT molecular complexity index is 949. The normalized spacial score (nSPS) is 11.7. The van der Waals surface area contributed by atoms with E-state index in [0.29, 0.717) is 5.56 Å². The summed E-state index contributed by atoms with van der Waals surface area (Å²) in [6, 6.07) is 18.5. The molecule has 0 aliphatic heterocycles. The quantitative estimate of drug-likeness (QED) is 0.589. The number of aromatic nitrogens is 2. The molecule has 0 aliphatic rings. The van der Waals surface area contributed by atoms with Gasteiger partial charge in [0.05, 0.1) is 17.3 Å². The molecule has 0 saturated carbocycles. The van der Waals surface area contributed by atoms with Crippen LogP contribution in [0.2, 0.25) is 0 Å². The Morgan fingerprint density at radius 1 is 1.07 bits per heavy atom. The van der Waals surface area contributed by atoms with E-state index in [0.717, 1.165) is 29.8 Å². The van der Waals surface area contributed by atoms with E-state index in [4.69, 9.17) is 4.74 Å². The first-order valence-electron chi connectivity index (χ1n) is 9.71. The fourth-order valence-electron chi connectivity index (χ4n) is 3.13. The minimum Gasteiger partial charge on any atom is -0.452 e. The number of rotatable bonds is 8. The summed E-state index contributed by atoms with van der Waals surface area (Å²) in [6.07, 6.45) is 3.47. The van der Waals surface area contributed by atoms with Crippen molar-refractivity contribution in [1.29, 1.82) is 0 Å². The molecule has 3 aromatic rings. The Morgan fingerprint density at radius 2 is 1.79 bits per heavy atom. The van der Waals surface area contributed by atoms with Crippen LogP contribution >= 0.6 is 0 Å². The van der Waals surface area contributed by atoms with Gasteiger partial charge in [-0.15, -0.1) is 0 Å². The molecule has 0 spiro atoms. The van der Waals surface area contributed by atoms with Crippen LogP contribution < -0.4 is 5.32 Å². The van der Waals surface area contributed by atoms with Gasteiger partial charge in [-0.1, -0.05) is 43.7 Å². The molecule has 3 rings (SSSR count). The van der Waals surface area contributed by atoms with Crippen LogP contribution in [0.15, 0.2) is 66.9 Å². The number of amides is 1. The number of benzene rings is 2. The molecule has 0 unspecified atom stereocenters.